The summed E-state index contributed by atoms with van der Waals surface area (Å²) in [7, 11) is -2.85. The third-order valence-electron chi connectivity index (χ3n) is 3.48. The number of hydrogen-bond acceptors (Lipinski definition) is 4. The topological polar surface area (TPSA) is 49.4 Å². The second-order valence-electron chi connectivity index (χ2n) is 5.08. The van der Waals surface area contributed by atoms with E-state index >= 15 is 0 Å². The van der Waals surface area contributed by atoms with E-state index in [1.165, 1.54) is 6.26 Å². The van der Waals surface area contributed by atoms with Crippen LogP contribution in [0.5, 0.6) is 0 Å². The highest BCUT2D eigenvalue weighted by molar-refractivity contribution is 7.90. The Morgan fingerprint density at radius 1 is 1.35 bits per heavy atom. The largest absolute Gasteiger partial charge is 0.311 e. The van der Waals surface area contributed by atoms with Crippen LogP contribution < -0.4 is 5.32 Å². The number of hydrogen-bond donors (Lipinski definition) is 1. The molecule has 1 aliphatic rings. The zero-order chi connectivity index (χ0) is 12.9. The van der Waals surface area contributed by atoms with Gasteiger partial charge in [0.15, 0.2) is 0 Å². The second kappa shape index (κ2) is 6.71. The van der Waals surface area contributed by atoms with E-state index < -0.39 is 9.84 Å². The Kier molecular flexibility index (Phi) is 5.89. The first-order chi connectivity index (χ1) is 7.96. The van der Waals surface area contributed by atoms with Crippen LogP contribution in [-0.4, -0.2) is 57.0 Å². The fourth-order valence-corrected chi connectivity index (χ4v) is 2.94. The summed E-state index contributed by atoms with van der Waals surface area (Å²) in [6.45, 7) is 7.02. The highest BCUT2D eigenvalue weighted by atomic mass is 32.2. The maximum absolute atomic E-state index is 11.2. The molecule has 0 aromatic heterocycles. The van der Waals surface area contributed by atoms with Crippen molar-refractivity contribution in [2.24, 2.45) is 0 Å². The lowest BCUT2D eigenvalue weighted by atomic mass is 10.0. The standard InChI is InChI=1S/C12H26N2O2S/c1-4-6-12-9-13-11(5-2)10-14(12)7-8-17(3,15)16/h11-13H,4-10H2,1-3H3. The van der Waals surface area contributed by atoms with Crippen molar-refractivity contribution in [1.82, 2.24) is 10.2 Å². The summed E-state index contributed by atoms with van der Waals surface area (Å²) in [6, 6.07) is 1.02. The van der Waals surface area contributed by atoms with Crippen LogP contribution >= 0.6 is 0 Å². The van der Waals surface area contributed by atoms with Crippen LogP contribution in [0.3, 0.4) is 0 Å². The first kappa shape index (κ1) is 14.9. The lowest BCUT2D eigenvalue weighted by molar-refractivity contribution is 0.128. The van der Waals surface area contributed by atoms with Gasteiger partial charge in [-0.3, -0.25) is 4.90 Å². The van der Waals surface area contributed by atoms with Crippen molar-refractivity contribution in [3.8, 4) is 0 Å². The first-order valence-electron chi connectivity index (χ1n) is 6.61. The highest BCUT2D eigenvalue weighted by Gasteiger charge is 2.26. The van der Waals surface area contributed by atoms with Crippen molar-refractivity contribution in [2.45, 2.75) is 45.2 Å². The summed E-state index contributed by atoms with van der Waals surface area (Å²) in [5, 5.41) is 3.54. The number of nitrogens with one attached hydrogen (secondary N) is 1. The number of piperazine rings is 1. The van der Waals surface area contributed by atoms with Gasteiger partial charge < -0.3 is 5.32 Å². The molecule has 1 fully saturated rings. The molecule has 0 radical (unpaired) electrons. The van der Waals surface area contributed by atoms with Crippen molar-refractivity contribution in [2.75, 3.05) is 31.6 Å². The van der Waals surface area contributed by atoms with Gasteiger partial charge in [0.2, 0.25) is 0 Å². The average molecular weight is 262 g/mol. The normalized spacial score (nSPS) is 27.2. The molecule has 1 aliphatic heterocycles. The molecule has 2 unspecified atom stereocenters. The molecule has 0 bridgehead atoms. The van der Waals surface area contributed by atoms with Crippen molar-refractivity contribution in [1.29, 1.82) is 0 Å². The smallest absolute Gasteiger partial charge is 0.148 e. The van der Waals surface area contributed by atoms with Crippen LogP contribution in [-0.2, 0) is 9.84 Å². The average Bonchev–Trinajstić information content (AvgIpc) is 2.27. The summed E-state index contributed by atoms with van der Waals surface area (Å²) in [4.78, 5) is 2.36. The van der Waals surface area contributed by atoms with E-state index in [0.717, 1.165) is 32.4 Å². The van der Waals surface area contributed by atoms with Crippen molar-refractivity contribution < 1.29 is 8.42 Å². The third-order valence-corrected chi connectivity index (χ3v) is 4.40. The molecular formula is C12H26N2O2S. The summed E-state index contributed by atoms with van der Waals surface area (Å²) in [5.74, 6) is 0.281. The predicted octanol–water partition coefficient (Wildman–Crippen LogP) is 0.884. The Morgan fingerprint density at radius 2 is 2.06 bits per heavy atom. The zero-order valence-electron chi connectivity index (χ0n) is 11.3. The Bertz CT molecular complexity index is 316. The summed E-state index contributed by atoms with van der Waals surface area (Å²) in [5.41, 5.74) is 0. The number of nitrogens with zero attached hydrogens (tertiary/aromatic N) is 1. The zero-order valence-corrected chi connectivity index (χ0v) is 12.1. The van der Waals surface area contributed by atoms with Gasteiger partial charge in [-0.25, -0.2) is 8.42 Å². The number of rotatable bonds is 6. The Balaban J connectivity index is 2.54. The molecule has 0 spiro atoms. The minimum atomic E-state index is -2.85. The van der Waals surface area contributed by atoms with E-state index in [9.17, 15) is 8.42 Å². The molecule has 0 aliphatic carbocycles. The summed E-state index contributed by atoms with van der Waals surface area (Å²) < 4.78 is 22.5. The van der Waals surface area contributed by atoms with Crippen LogP contribution in [0.1, 0.15) is 33.1 Å². The third kappa shape index (κ3) is 5.36. The molecule has 1 N–H and O–H groups in total. The van der Waals surface area contributed by atoms with Gasteiger partial charge in [0.25, 0.3) is 0 Å². The first-order valence-corrected chi connectivity index (χ1v) is 8.67. The molecule has 5 heteroatoms. The van der Waals surface area contributed by atoms with E-state index in [0.29, 0.717) is 18.6 Å². The van der Waals surface area contributed by atoms with Gasteiger partial charge in [-0.2, -0.15) is 0 Å². The van der Waals surface area contributed by atoms with Gasteiger partial charge in [0.1, 0.15) is 9.84 Å². The molecule has 0 aromatic carbocycles. The minimum absolute atomic E-state index is 0.281. The quantitative estimate of drug-likeness (QED) is 0.772. The van der Waals surface area contributed by atoms with E-state index in [2.05, 4.69) is 24.1 Å². The molecule has 1 heterocycles. The molecule has 0 amide bonds. The van der Waals surface area contributed by atoms with Crippen molar-refractivity contribution in [3.63, 3.8) is 0 Å². The van der Waals surface area contributed by atoms with Crippen molar-refractivity contribution in [3.05, 3.63) is 0 Å². The summed E-state index contributed by atoms with van der Waals surface area (Å²) >= 11 is 0. The lowest BCUT2D eigenvalue weighted by Gasteiger charge is -2.40. The molecule has 0 aromatic rings. The maximum atomic E-state index is 11.2. The molecular weight excluding hydrogens is 236 g/mol. The molecule has 17 heavy (non-hydrogen) atoms. The Morgan fingerprint density at radius 3 is 2.59 bits per heavy atom. The highest BCUT2D eigenvalue weighted by Crippen LogP contribution is 2.13. The maximum Gasteiger partial charge on any atom is 0.148 e. The Hall–Kier alpha value is -0.130. The van der Waals surface area contributed by atoms with Gasteiger partial charge in [-0.1, -0.05) is 20.3 Å². The predicted molar refractivity (Wildman–Crippen MR) is 72.1 cm³/mol. The number of sulfone groups is 1. The summed E-state index contributed by atoms with van der Waals surface area (Å²) in [6.07, 6.45) is 4.72. The van der Waals surface area contributed by atoms with E-state index in [1.807, 2.05) is 0 Å². The van der Waals surface area contributed by atoms with Gasteiger partial charge in [0.05, 0.1) is 5.75 Å². The van der Waals surface area contributed by atoms with E-state index in [1.54, 1.807) is 0 Å². The van der Waals surface area contributed by atoms with Crippen molar-refractivity contribution >= 4 is 9.84 Å². The van der Waals surface area contributed by atoms with Gasteiger partial charge in [-0.15, -0.1) is 0 Å². The Labute approximate surface area is 106 Å². The van der Waals surface area contributed by atoms with Crippen LogP contribution in [0.2, 0.25) is 0 Å². The monoisotopic (exact) mass is 262 g/mol. The fourth-order valence-electron chi connectivity index (χ4n) is 2.38. The van der Waals surface area contributed by atoms with Crippen LogP contribution in [0.15, 0.2) is 0 Å². The van der Waals surface area contributed by atoms with Gasteiger partial charge in [-0.05, 0) is 12.8 Å². The molecule has 102 valence electrons. The van der Waals surface area contributed by atoms with Crippen LogP contribution in [0.25, 0.3) is 0 Å². The fraction of sp³-hybridized carbons (Fsp3) is 1.00. The van der Waals surface area contributed by atoms with Crippen LogP contribution in [0, 0.1) is 0 Å². The minimum Gasteiger partial charge on any atom is -0.311 e. The lowest BCUT2D eigenvalue weighted by Crippen LogP contribution is -2.57. The molecule has 2 atom stereocenters. The second-order valence-corrected chi connectivity index (χ2v) is 7.34. The van der Waals surface area contributed by atoms with Gasteiger partial charge in [0, 0.05) is 38.0 Å². The molecule has 1 saturated heterocycles. The SMILES string of the molecule is CCCC1CNC(CC)CN1CCS(C)(=O)=O. The van der Waals surface area contributed by atoms with Gasteiger partial charge >= 0.3 is 0 Å². The molecule has 1 rings (SSSR count). The van der Waals surface area contributed by atoms with Crippen LogP contribution in [0.4, 0.5) is 0 Å². The van der Waals surface area contributed by atoms with E-state index in [-0.39, 0.29) is 5.75 Å². The molecule has 4 nitrogen and oxygen atoms in total. The molecule has 0 saturated carbocycles. The van der Waals surface area contributed by atoms with E-state index in [4.69, 9.17) is 0 Å².